The van der Waals surface area contributed by atoms with Gasteiger partial charge in [-0.2, -0.15) is 11.8 Å². The number of anilines is 1. The lowest BCUT2D eigenvalue weighted by Gasteiger charge is -2.34. The third-order valence-corrected chi connectivity index (χ3v) is 5.05. The second kappa shape index (κ2) is 7.16. The molecule has 1 atom stereocenters. The van der Waals surface area contributed by atoms with Gasteiger partial charge in [0, 0.05) is 21.6 Å². The van der Waals surface area contributed by atoms with Crippen molar-refractivity contribution in [2.24, 2.45) is 0 Å². The van der Waals surface area contributed by atoms with Gasteiger partial charge in [-0.1, -0.05) is 12.1 Å². The minimum Gasteiger partial charge on any atom is -0.481 e. The van der Waals surface area contributed by atoms with Gasteiger partial charge in [-0.3, -0.25) is 4.79 Å². The van der Waals surface area contributed by atoms with E-state index in [0.717, 1.165) is 15.0 Å². The summed E-state index contributed by atoms with van der Waals surface area (Å²) in [4.78, 5) is 24.8. The molecule has 0 spiro atoms. The molecular weight excluding hydrogens is 391 g/mol. The van der Waals surface area contributed by atoms with E-state index in [4.69, 9.17) is 5.11 Å². The molecule has 1 unspecified atom stereocenters. The highest BCUT2D eigenvalue weighted by molar-refractivity contribution is 14.1. The van der Waals surface area contributed by atoms with E-state index in [1.165, 1.54) is 0 Å². The van der Waals surface area contributed by atoms with Crippen LogP contribution in [-0.2, 0) is 4.79 Å². The molecule has 0 saturated carbocycles. The predicted molar refractivity (Wildman–Crippen MR) is 88.2 cm³/mol. The van der Waals surface area contributed by atoms with Crippen molar-refractivity contribution >= 4 is 52.0 Å². The molecule has 1 heterocycles. The van der Waals surface area contributed by atoms with Crippen molar-refractivity contribution in [3.05, 3.63) is 27.8 Å². The maximum atomic E-state index is 12.3. The second-order valence-electron chi connectivity index (χ2n) is 4.43. The Morgan fingerprint density at radius 3 is 2.90 bits per heavy atom. The van der Waals surface area contributed by atoms with E-state index in [0.29, 0.717) is 12.3 Å². The fourth-order valence-electron chi connectivity index (χ4n) is 2.04. The van der Waals surface area contributed by atoms with Gasteiger partial charge in [0.1, 0.15) is 0 Å². The van der Waals surface area contributed by atoms with E-state index in [9.17, 15) is 9.59 Å². The maximum Gasteiger partial charge on any atom is 0.322 e. The number of thioether (sulfide) groups is 1. The van der Waals surface area contributed by atoms with E-state index in [-0.39, 0.29) is 18.5 Å². The lowest BCUT2D eigenvalue weighted by molar-refractivity contribution is -0.137. The molecule has 2 rings (SSSR count). The number of carbonyl (C=O) groups is 2. The number of aliphatic carboxylic acids is 1. The number of nitrogens with one attached hydrogen (secondary N) is 1. The third-order valence-electron chi connectivity index (χ3n) is 3.01. The van der Waals surface area contributed by atoms with Gasteiger partial charge in [-0.25, -0.2) is 4.79 Å². The first kappa shape index (κ1) is 15.4. The summed E-state index contributed by atoms with van der Waals surface area (Å²) in [6.45, 7) is 0.581. The number of carbonyl (C=O) groups excluding carboxylic acids is 1. The number of hydrogen-bond donors (Lipinski definition) is 2. The zero-order valence-corrected chi connectivity index (χ0v) is 13.7. The van der Waals surface area contributed by atoms with Crippen LogP contribution < -0.4 is 5.32 Å². The van der Waals surface area contributed by atoms with Gasteiger partial charge in [-0.15, -0.1) is 0 Å². The molecule has 2 N–H and O–H groups in total. The Kier molecular flexibility index (Phi) is 5.53. The van der Waals surface area contributed by atoms with Crippen molar-refractivity contribution in [1.29, 1.82) is 0 Å². The summed E-state index contributed by atoms with van der Waals surface area (Å²) in [7, 11) is 0. The van der Waals surface area contributed by atoms with Crippen LogP contribution in [0.3, 0.4) is 0 Å². The van der Waals surface area contributed by atoms with Crippen molar-refractivity contribution < 1.29 is 14.7 Å². The molecule has 1 aromatic rings. The van der Waals surface area contributed by atoms with Crippen LogP contribution in [0, 0.1) is 3.57 Å². The van der Waals surface area contributed by atoms with Crippen LogP contribution in [0.5, 0.6) is 0 Å². The number of carboxylic acid groups (broad SMARTS) is 1. The smallest absolute Gasteiger partial charge is 0.322 e. The number of nitrogens with zero attached hydrogens (tertiary/aromatic N) is 1. The van der Waals surface area contributed by atoms with Crippen molar-refractivity contribution in [2.75, 3.05) is 23.4 Å². The molecule has 2 amide bonds. The summed E-state index contributed by atoms with van der Waals surface area (Å²) in [5, 5.41) is 11.8. The minimum atomic E-state index is -0.871. The van der Waals surface area contributed by atoms with E-state index < -0.39 is 5.97 Å². The average molecular weight is 406 g/mol. The Labute approximate surface area is 135 Å². The molecule has 1 aromatic carbocycles. The highest BCUT2D eigenvalue weighted by Gasteiger charge is 2.29. The van der Waals surface area contributed by atoms with Crippen molar-refractivity contribution in [3.8, 4) is 0 Å². The van der Waals surface area contributed by atoms with Crippen LogP contribution in [0.2, 0.25) is 0 Å². The minimum absolute atomic E-state index is 0.00764. The van der Waals surface area contributed by atoms with Crippen LogP contribution in [0.4, 0.5) is 10.5 Å². The Bertz CT molecular complexity index is 512. The zero-order chi connectivity index (χ0) is 14.5. The number of benzene rings is 1. The largest absolute Gasteiger partial charge is 0.481 e. The maximum absolute atomic E-state index is 12.3. The average Bonchev–Trinajstić information content (AvgIpc) is 2.41. The van der Waals surface area contributed by atoms with Gasteiger partial charge in [0.2, 0.25) is 0 Å². The quantitative estimate of drug-likeness (QED) is 0.758. The number of carboxylic acids is 1. The Hall–Kier alpha value is -0.960. The first-order chi connectivity index (χ1) is 9.58. The first-order valence-corrected chi connectivity index (χ1v) is 8.43. The molecule has 1 aliphatic heterocycles. The molecule has 1 saturated heterocycles. The molecular formula is C13H15IN2O3S. The summed E-state index contributed by atoms with van der Waals surface area (Å²) in [6, 6.07) is 7.05. The first-order valence-electron chi connectivity index (χ1n) is 6.19. The van der Waals surface area contributed by atoms with Gasteiger partial charge in [-0.05, 0) is 34.7 Å². The molecule has 1 fully saturated rings. The SMILES string of the molecule is O=C(O)CC1CSCCN1C(=O)Nc1ccccc1I. The van der Waals surface area contributed by atoms with Crippen molar-refractivity contribution in [2.45, 2.75) is 12.5 Å². The zero-order valence-electron chi connectivity index (χ0n) is 10.7. The standard InChI is InChI=1S/C13H15IN2O3S/c14-10-3-1-2-4-11(10)15-13(19)16-5-6-20-8-9(16)7-12(17)18/h1-4,9H,5-8H2,(H,15,19)(H,17,18). The number of urea groups is 1. The molecule has 0 aromatic heterocycles. The van der Waals surface area contributed by atoms with Crippen molar-refractivity contribution in [1.82, 2.24) is 4.90 Å². The van der Waals surface area contributed by atoms with Crippen molar-refractivity contribution in [3.63, 3.8) is 0 Å². The lowest BCUT2D eigenvalue weighted by atomic mass is 10.2. The summed E-state index contributed by atoms with van der Waals surface area (Å²) in [5.41, 5.74) is 0.755. The molecule has 108 valence electrons. The molecule has 0 bridgehead atoms. The summed E-state index contributed by atoms with van der Waals surface area (Å²) in [6.07, 6.45) is -0.00764. The second-order valence-corrected chi connectivity index (χ2v) is 6.74. The number of amides is 2. The fraction of sp³-hybridized carbons (Fsp3) is 0.385. The summed E-state index contributed by atoms with van der Waals surface area (Å²) >= 11 is 3.85. The number of para-hydroxylation sites is 1. The van der Waals surface area contributed by atoms with Gasteiger partial charge in [0.15, 0.2) is 0 Å². The number of halogens is 1. The Morgan fingerprint density at radius 2 is 2.20 bits per heavy atom. The number of hydrogen-bond acceptors (Lipinski definition) is 3. The summed E-state index contributed by atoms with van der Waals surface area (Å²) in [5.74, 6) is 0.644. The van der Waals surface area contributed by atoms with Crippen LogP contribution in [0.15, 0.2) is 24.3 Å². The van der Waals surface area contributed by atoms with Gasteiger partial charge in [0.25, 0.3) is 0 Å². The molecule has 0 radical (unpaired) electrons. The topological polar surface area (TPSA) is 69.6 Å². The van der Waals surface area contributed by atoms with E-state index in [1.807, 2.05) is 24.3 Å². The lowest BCUT2D eigenvalue weighted by Crippen LogP contribution is -2.49. The van der Waals surface area contributed by atoms with E-state index >= 15 is 0 Å². The van der Waals surface area contributed by atoms with Crippen LogP contribution in [0.25, 0.3) is 0 Å². The summed E-state index contributed by atoms with van der Waals surface area (Å²) < 4.78 is 0.958. The highest BCUT2D eigenvalue weighted by atomic mass is 127. The van der Waals surface area contributed by atoms with Crippen LogP contribution in [-0.4, -0.2) is 46.1 Å². The number of rotatable bonds is 3. The highest BCUT2D eigenvalue weighted by Crippen LogP contribution is 2.22. The van der Waals surface area contributed by atoms with Gasteiger partial charge in [0.05, 0.1) is 18.2 Å². The van der Waals surface area contributed by atoms with Gasteiger partial charge >= 0.3 is 12.0 Å². The molecule has 5 nitrogen and oxygen atoms in total. The van der Waals surface area contributed by atoms with Crippen LogP contribution >= 0.6 is 34.4 Å². The molecule has 0 aliphatic carbocycles. The monoisotopic (exact) mass is 406 g/mol. The van der Waals surface area contributed by atoms with E-state index in [2.05, 4.69) is 27.9 Å². The third kappa shape index (κ3) is 4.02. The predicted octanol–water partition coefficient (Wildman–Crippen LogP) is 2.72. The molecule has 7 heteroatoms. The Morgan fingerprint density at radius 1 is 1.45 bits per heavy atom. The van der Waals surface area contributed by atoms with Gasteiger partial charge < -0.3 is 15.3 Å². The molecule has 1 aliphatic rings. The van der Waals surface area contributed by atoms with E-state index in [1.54, 1.807) is 16.7 Å². The fourth-order valence-corrected chi connectivity index (χ4v) is 3.63. The van der Waals surface area contributed by atoms with Crippen LogP contribution in [0.1, 0.15) is 6.42 Å². The molecule has 20 heavy (non-hydrogen) atoms. The normalized spacial score (nSPS) is 18.6. The Balaban J connectivity index is 2.06.